The highest BCUT2D eigenvalue weighted by Gasteiger charge is 2.33. The molecule has 1 aromatic carbocycles. The first-order valence-corrected chi connectivity index (χ1v) is 10.9. The number of benzene rings is 1. The van der Waals surface area contributed by atoms with Gasteiger partial charge in [-0.1, -0.05) is 18.2 Å². The molecule has 7 nitrogen and oxygen atoms in total. The van der Waals surface area contributed by atoms with E-state index >= 15 is 0 Å². The number of aryl methyl sites for hydroxylation is 2. The number of halogens is 3. The summed E-state index contributed by atoms with van der Waals surface area (Å²) in [4.78, 5) is 14.3. The zero-order valence-corrected chi connectivity index (χ0v) is 17.5. The Balaban J connectivity index is 1.69. The van der Waals surface area contributed by atoms with Gasteiger partial charge in [-0.15, -0.1) is 0 Å². The minimum atomic E-state index is -4.47. The molecule has 2 heterocycles. The van der Waals surface area contributed by atoms with E-state index in [1.165, 1.54) is 21.3 Å². The van der Waals surface area contributed by atoms with Crippen molar-refractivity contribution in [3.63, 3.8) is 0 Å². The molecule has 3 rings (SSSR count). The average molecular weight is 444 g/mol. The topological polar surface area (TPSA) is 86.4 Å². The molecule has 1 saturated heterocycles. The van der Waals surface area contributed by atoms with Gasteiger partial charge >= 0.3 is 6.18 Å². The Morgan fingerprint density at radius 2 is 1.90 bits per heavy atom. The fourth-order valence-corrected chi connectivity index (χ4v) is 5.38. The molecular formula is C19H23F3N4O3S. The molecular weight excluding hydrogens is 421 g/mol. The standard InChI is InChI=1S/C19H23F3N4O3S/c1-13-18(14(2)24-23-13)30(28,29)26-8-4-7-25(9-10-26)17(27)12-15-5-3-6-16(11-15)19(20,21)22/h3,5-6,11H,4,7-10,12H2,1-2H3,(H,23,24). The van der Waals surface area contributed by atoms with E-state index < -0.39 is 21.8 Å². The Morgan fingerprint density at radius 3 is 2.53 bits per heavy atom. The summed E-state index contributed by atoms with van der Waals surface area (Å²) in [7, 11) is -3.76. The molecule has 1 aliphatic heterocycles. The minimum absolute atomic E-state index is 0.112. The first-order valence-electron chi connectivity index (χ1n) is 9.46. The number of aromatic amines is 1. The molecule has 1 aliphatic rings. The largest absolute Gasteiger partial charge is 0.416 e. The summed E-state index contributed by atoms with van der Waals surface area (Å²) in [6.07, 6.45) is -4.21. The van der Waals surface area contributed by atoms with Crippen LogP contribution in [0.4, 0.5) is 13.2 Å². The second-order valence-electron chi connectivity index (χ2n) is 7.28. The quantitative estimate of drug-likeness (QED) is 0.785. The van der Waals surface area contributed by atoms with Gasteiger partial charge in [0.2, 0.25) is 15.9 Å². The Labute approximate surface area is 172 Å². The van der Waals surface area contributed by atoms with Gasteiger partial charge in [-0.25, -0.2) is 8.42 Å². The van der Waals surface area contributed by atoms with E-state index in [0.29, 0.717) is 24.4 Å². The van der Waals surface area contributed by atoms with Gasteiger partial charge < -0.3 is 4.90 Å². The number of rotatable bonds is 4. The van der Waals surface area contributed by atoms with E-state index in [9.17, 15) is 26.4 Å². The van der Waals surface area contributed by atoms with Gasteiger partial charge in [-0.05, 0) is 31.9 Å². The summed E-state index contributed by atoms with van der Waals surface area (Å²) in [5.41, 5.74) is 0.309. The molecule has 1 amide bonds. The van der Waals surface area contributed by atoms with Gasteiger partial charge in [0.1, 0.15) is 4.90 Å². The molecule has 0 aliphatic carbocycles. The highest BCUT2D eigenvalue weighted by Crippen LogP contribution is 2.29. The van der Waals surface area contributed by atoms with Crippen LogP contribution in [0.25, 0.3) is 0 Å². The first-order chi connectivity index (χ1) is 14.0. The van der Waals surface area contributed by atoms with Crippen molar-refractivity contribution in [3.8, 4) is 0 Å². The van der Waals surface area contributed by atoms with Crippen molar-refractivity contribution < 1.29 is 26.4 Å². The molecule has 164 valence electrons. The van der Waals surface area contributed by atoms with Gasteiger partial charge in [0.15, 0.2) is 0 Å². The van der Waals surface area contributed by atoms with Crippen molar-refractivity contribution >= 4 is 15.9 Å². The van der Waals surface area contributed by atoms with Crippen molar-refractivity contribution in [2.45, 2.75) is 37.8 Å². The Kier molecular flexibility index (Phi) is 6.23. The average Bonchev–Trinajstić information content (AvgIpc) is 2.86. The SMILES string of the molecule is Cc1n[nH]c(C)c1S(=O)(=O)N1CCCN(C(=O)Cc2cccc(C(F)(F)F)c2)CC1. The zero-order chi connectivity index (χ0) is 22.1. The van der Waals surface area contributed by atoms with Crippen LogP contribution in [-0.2, 0) is 27.4 Å². The summed E-state index contributed by atoms with van der Waals surface area (Å²) in [6.45, 7) is 4.12. The number of carbonyl (C=O) groups is 1. The predicted molar refractivity (Wildman–Crippen MR) is 103 cm³/mol. The molecule has 11 heteroatoms. The molecule has 1 aromatic heterocycles. The summed E-state index contributed by atoms with van der Waals surface area (Å²) in [5, 5.41) is 6.61. The fourth-order valence-electron chi connectivity index (χ4n) is 3.58. The molecule has 0 atom stereocenters. The number of nitrogens with one attached hydrogen (secondary N) is 1. The number of hydrogen-bond acceptors (Lipinski definition) is 4. The molecule has 0 saturated carbocycles. The summed E-state index contributed by atoms with van der Waals surface area (Å²) in [5.74, 6) is -0.329. The Bertz CT molecular complexity index is 1010. The molecule has 0 spiro atoms. The van der Waals surface area contributed by atoms with Crippen LogP contribution >= 0.6 is 0 Å². The molecule has 0 radical (unpaired) electrons. The highest BCUT2D eigenvalue weighted by atomic mass is 32.2. The number of carbonyl (C=O) groups excluding carboxylic acids is 1. The van der Waals surface area contributed by atoms with E-state index in [1.54, 1.807) is 13.8 Å². The van der Waals surface area contributed by atoms with Gasteiger partial charge in [-0.3, -0.25) is 9.89 Å². The lowest BCUT2D eigenvalue weighted by molar-refractivity contribution is -0.138. The van der Waals surface area contributed by atoms with Gasteiger partial charge in [0.25, 0.3) is 0 Å². The van der Waals surface area contributed by atoms with Crippen molar-refractivity contribution in [1.29, 1.82) is 0 Å². The number of aromatic nitrogens is 2. The fraction of sp³-hybridized carbons (Fsp3) is 0.474. The van der Waals surface area contributed by atoms with Crippen molar-refractivity contribution in [2.75, 3.05) is 26.2 Å². The van der Waals surface area contributed by atoms with Crippen LogP contribution in [0.15, 0.2) is 29.2 Å². The maximum Gasteiger partial charge on any atom is 0.416 e. The lowest BCUT2D eigenvalue weighted by Crippen LogP contribution is -2.38. The number of nitrogens with zero attached hydrogens (tertiary/aromatic N) is 3. The smallest absolute Gasteiger partial charge is 0.341 e. The second kappa shape index (κ2) is 8.38. The van der Waals surface area contributed by atoms with Gasteiger partial charge in [0, 0.05) is 26.2 Å². The Hall–Kier alpha value is -2.40. The zero-order valence-electron chi connectivity index (χ0n) is 16.7. The Morgan fingerprint density at radius 1 is 1.17 bits per heavy atom. The second-order valence-corrected chi connectivity index (χ2v) is 9.15. The minimum Gasteiger partial charge on any atom is -0.341 e. The summed E-state index contributed by atoms with van der Waals surface area (Å²) < 4.78 is 66.0. The van der Waals surface area contributed by atoms with E-state index in [-0.39, 0.29) is 42.4 Å². The van der Waals surface area contributed by atoms with E-state index in [1.807, 2.05) is 0 Å². The van der Waals surface area contributed by atoms with Crippen LogP contribution in [0.1, 0.15) is 28.9 Å². The highest BCUT2D eigenvalue weighted by molar-refractivity contribution is 7.89. The molecule has 2 aromatic rings. The summed E-state index contributed by atoms with van der Waals surface area (Å²) in [6, 6.07) is 4.68. The number of amides is 1. The maximum absolute atomic E-state index is 13.0. The maximum atomic E-state index is 13.0. The molecule has 1 N–H and O–H groups in total. The lowest BCUT2D eigenvalue weighted by Gasteiger charge is -2.22. The van der Waals surface area contributed by atoms with Gasteiger partial charge in [-0.2, -0.15) is 22.6 Å². The van der Waals surface area contributed by atoms with E-state index in [4.69, 9.17) is 0 Å². The van der Waals surface area contributed by atoms with Crippen LogP contribution in [0.5, 0.6) is 0 Å². The third kappa shape index (κ3) is 4.67. The number of alkyl halides is 3. The van der Waals surface area contributed by atoms with Crippen LogP contribution in [0.3, 0.4) is 0 Å². The van der Waals surface area contributed by atoms with Crippen molar-refractivity contribution in [2.24, 2.45) is 0 Å². The van der Waals surface area contributed by atoms with Crippen LogP contribution in [-0.4, -0.2) is 59.9 Å². The molecule has 0 bridgehead atoms. The molecule has 0 unspecified atom stereocenters. The number of hydrogen-bond donors (Lipinski definition) is 1. The van der Waals surface area contributed by atoms with E-state index in [0.717, 1.165) is 12.1 Å². The van der Waals surface area contributed by atoms with Crippen LogP contribution in [0, 0.1) is 13.8 Å². The number of sulfonamides is 1. The van der Waals surface area contributed by atoms with Crippen LogP contribution < -0.4 is 0 Å². The first kappa shape index (κ1) is 22.3. The normalized spacial score (nSPS) is 16.5. The monoisotopic (exact) mass is 444 g/mol. The van der Waals surface area contributed by atoms with Crippen LogP contribution in [0.2, 0.25) is 0 Å². The van der Waals surface area contributed by atoms with Gasteiger partial charge in [0.05, 0.1) is 23.4 Å². The van der Waals surface area contributed by atoms with E-state index in [2.05, 4.69) is 10.2 Å². The summed E-state index contributed by atoms with van der Waals surface area (Å²) >= 11 is 0. The molecule has 1 fully saturated rings. The van der Waals surface area contributed by atoms with Crippen molar-refractivity contribution in [1.82, 2.24) is 19.4 Å². The lowest BCUT2D eigenvalue weighted by atomic mass is 10.1. The van der Waals surface area contributed by atoms with Crippen molar-refractivity contribution in [3.05, 3.63) is 46.8 Å². The third-order valence-corrected chi connectivity index (χ3v) is 7.24. The predicted octanol–water partition coefficient (Wildman–Crippen LogP) is 2.51. The molecule has 30 heavy (non-hydrogen) atoms. The number of H-pyrrole nitrogens is 1. The third-order valence-electron chi connectivity index (χ3n) is 5.08.